The third-order valence-electron chi connectivity index (χ3n) is 2.65. The molecule has 1 heterocycles. The van der Waals surface area contributed by atoms with Crippen LogP contribution in [-0.4, -0.2) is 24.9 Å². The van der Waals surface area contributed by atoms with E-state index in [9.17, 15) is 5.11 Å². The monoisotopic (exact) mass is 220 g/mol. The smallest absolute Gasteiger partial charge is 0.121 e. The molecule has 2 rings (SSSR count). The van der Waals surface area contributed by atoms with Crippen LogP contribution in [0.1, 0.15) is 12.0 Å². The Hall–Kier alpha value is -1.48. The minimum atomic E-state index is -0.532. The maximum Gasteiger partial charge on any atom is 0.121 e. The van der Waals surface area contributed by atoms with Gasteiger partial charge in [-0.1, -0.05) is 12.1 Å². The van der Waals surface area contributed by atoms with E-state index in [2.05, 4.69) is 0 Å². The lowest BCUT2D eigenvalue weighted by Gasteiger charge is -2.12. The minimum Gasteiger partial charge on any atom is -0.497 e. The fourth-order valence-electron chi connectivity index (χ4n) is 1.75. The van der Waals surface area contributed by atoms with Gasteiger partial charge >= 0.3 is 0 Å². The van der Waals surface area contributed by atoms with E-state index in [0.29, 0.717) is 18.8 Å². The van der Waals surface area contributed by atoms with Gasteiger partial charge in [-0.05, 0) is 23.8 Å². The average Bonchev–Trinajstić information content (AvgIpc) is 2.83. The van der Waals surface area contributed by atoms with Crippen LogP contribution in [0.5, 0.6) is 5.75 Å². The quantitative estimate of drug-likeness (QED) is 0.842. The summed E-state index contributed by atoms with van der Waals surface area (Å²) in [4.78, 5) is 0. The molecule has 1 unspecified atom stereocenters. The highest BCUT2D eigenvalue weighted by Crippen LogP contribution is 2.18. The summed E-state index contributed by atoms with van der Waals surface area (Å²) in [6, 6.07) is 7.70. The molecule has 0 amide bonds. The largest absolute Gasteiger partial charge is 0.497 e. The Morgan fingerprint density at radius 3 is 2.69 bits per heavy atom. The van der Waals surface area contributed by atoms with E-state index in [0.717, 1.165) is 17.7 Å². The summed E-state index contributed by atoms with van der Waals surface area (Å²) in [5.41, 5.74) is 1.07. The Morgan fingerprint density at radius 1 is 1.38 bits per heavy atom. The number of ether oxygens (including phenoxy) is 2. The predicted molar refractivity (Wildman–Crippen MR) is 61.4 cm³/mol. The first-order valence-electron chi connectivity index (χ1n) is 5.43. The van der Waals surface area contributed by atoms with Crippen molar-refractivity contribution in [1.29, 1.82) is 0 Å². The topological polar surface area (TPSA) is 38.7 Å². The van der Waals surface area contributed by atoms with Crippen molar-refractivity contribution in [3.8, 4) is 5.75 Å². The number of rotatable bonds is 4. The third-order valence-corrected chi connectivity index (χ3v) is 2.65. The zero-order chi connectivity index (χ0) is 11.4. The van der Waals surface area contributed by atoms with Gasteiger partial charge in [-0.15, -0.1) is 0 Å². The molecule has 1 aromatic carbocycles. The van der Waals surface area contributed by atoms with Crippen molar-refractivity contribution in [2.24, 2.45) is 0 Å². The number of aliphatic hydroxyl groups excluding tert-OH is 1. The first-order chi connectivity index (χ1) is 7.79. The second kappa shape index (κ2) is 5.03. The summed E-state index contributed by atoms with van der Waals surface area (Å²) in [6.45, 7) is 0.689. The first-order valence-corrected chi connectivity index (χ1v) is 5.43. The molecule has 3 nitrogen and oxygen atoms in total. The van der Waals surface area contributed by atoms with E-state index in [1.165, 1.54) is 0 Å². The lowest BCUT2D eigenvalue weighted by molar-refractivity contribution is 0.118. The van der Waals surface area contributed by atoms with E-state index in [4.69, 9.17) is 9.47 Å². The molecule has 0 saturated heterocycles. The highest BCUT2D eigenvalue weighted by Gasteiger charge is 2.16. The van der Waals surface area contributed by atoms with Gasteiger partial charge in [-0.2, -0.15) is 0 Å². The molecule has 3 heteroatoms. The number of aliphatic hydroxyl groups is 1. The summed E-state index contributed by atoms with van der Waals surface area (Å²) < 4.78 is 10.4. The van der Waals surface area contributed by atoms with Crippen molar-refractivity contribution < 1.29 is 14.6 Å². The van der Waals surface area contributed by atoms with Gasteiger partial charge < -0.3 is 14.6 Å². The second-order valence-electron chi connectivity index (χ2n) is 3.81. The molecule has 0 spiro atoms. The molecule has 1 aliphatic rings. The molecule has 1 N–H and O–H groups in total. The van der Waals surface area contributed by atoms with E-state index < -0.39 is 6.10 Å². The number of hydrogen-bond acceptors (Lipinski definition) is 3. The molecule has 0 aromatic heterocycles. The maximum absolute atomic E-state index is 9.90. The SMILES string of the molecule is COc1ccc(CC(O)C2=CCCO2)cc1. The van der Waals surface area contributed by atoms with Crippen LogP contribution in [0.15, 0.2) is 36.1 Å². The number of benzene rings is 1. The van der Waals surface area contributed by atoms with Gasteiger partial charge in [0.25, 0.3) is 0 Å². The van der Waals surface area contributed by atoms with Crippen molar-refractivity contribution in [3.63, 3.8) is 0 Å². The Labute approximate surface area is 95.3 Å². The van der Waals surface area contributed by atoms with Gasteiger partial charge in [0.2, 0.25) is 0 Å². The third kappa shape index (κ3) is 2.55. The normalized spacial score (nSPS) is 16.5. The van der Waals surface area contributed by atoms with Gasteiger partial charge in [-0.3, -0.25) is 0 Å². The molecule has 1 aromatic rings. The summed E-state index contributed by atoms with van der Waals surface area (Å²) in [5, 5.41) is 9.90. The molecule has 16 heavy (non-hydrogen) atoms. The lowest BCUT2D eigenvalue weighted by atomic mass is 10.1. The van der Waals surface area contributed by atoms with Gasteiger partial charge in [0.1, 0.15) is 17.6 Å². The van der Waals surface area contributed by atoms with Crippen LogP contribution in [0.4, 0.5) is 0 Å². The fourth-order valence-corrected chi connectivity index (χ4v) is 1.75. The Kier molecular flexibility index (Phi) is 3.47. The molecule has 1 aliphatic heterocycles. The molecular formula is C13H16O3. The van der Waals surface area contributed by atoms with Crippen LogP contribution in [0, 0.1) is 0 Å². The van der Waals surface area contributed by atoms with Gasteiger partial charge in [-0.25, -0.2) is 0 Å². The van der Waals surface area contributed by atoms with Crippen molar-refractivity contribution in [2.45, 2.75) is 18.9 Å². The summed E-state index contributed by atoms with van der Waals surface area (Å²) in [5.74, 6) is 1.53. The Bertz CT molecular complexity index is 367. The second-order valence-corrected chi connectivity index (χ2v) is 3.81. The highest BCUT2D eigenvalue weighted by molar-refractivity contribution is 5.28. The molecule has 0 fully saturated rings. The molecule has 0 bridgehead atoms. The zero-order valence-corrected chi connectivity index (χ0v) is 9.35. The Balaban J connectivity index is 1.97. The van der Waals surface area contributed by atoms with Gasteiger partial charge in [0.05, 0.1) is 13.7 Å². The lowest BCUT2D eigenvalue weighted by Crippen LogP contribution is -2.14. The van der Waals surface area contributed by atoms with Crippen LogP contribution in [-0.2, 0) is 11.2 Å². The van der Waals surface area contributed by atoms with Crippen LogP contribution in [0.3, 0.4) is 0 Å². The number of methoxy groups -OCH3 is 1. The van der Waals surface area contributed by atoms with E-state index in [1.54, 1.807) is 7.11 Å². The predicted octanol–water partition coefficient (Wildman–Crippen LogP) is 1.90. The standard InChI is InChI=1S/C13H16O3/c1-15-11-6-4-10(5-7-11)9-12(14)13-3-2-8-16-13/h3-7,12,14H,2,8-9H2,1H3. The van der Waals surface area contributed by atoms with Crippen molar-refractivity contribution >= 4 is 0 Å². The van der Waals surface area contributed by atoms with Gasteiger partial charge in [0.15, 0.2) is 0 Å². The molecule has 86 valence electrons. The molecule has 0 radical (unpaired) electrons. The highest BCUT2D eigenvalue weighted by atomic mass is 16.5. The summed E-state index contributed by atoms with van der Waals surface area (Å²) in [6.07, 6.45) is 2.90. The number of hydrogen-bond donors (Lipinski definition) is 1. The zero-order valence-electron chi connectivity index (χ0n) is 9.35. The van der Waals surface area contributed by atoms with Gasteiger partial charge in [0, 0.05) is 12.8 Å². The van der Waals surface area contributed by atoms with Crippen molar-refractivity contribution in [3.05, 3.63) is 41.7 Å². The Morgan fingerprint density at radius 2 is 2.12 bits per heavy atom. The molecule has 0 saturated carbocycles. The van der Waals surface area contributed by atoms with Crippen molar-refractivity contribution in [2.75, 3.05) is 13.7 Å². The molecule has 1 atom stereocenters. The fraction of sp³-hybridized carbons (Fsp3) is 0.385. The van der Waals surface area contributed by atoms with Crippen LogP contribution in [0.2, 0.25) is 0 Å². The average molecular weight is 220 g/mol. The van der Waals surface area contributed by atoms with E-state index in [-0.39, 0.29) is 0 Å². The minimum absolute atomic E-state index is 0.532. The first kappa shape index (κ1) is 11.0. The van der Waals surface area contributed by atoms with Crippen LogP contribution >= 0.6 is 0 Å². The van der Waals surface area contributed by atoms with Crippen LogP contribution < -0.4 is 4.74 Å². The van der Waals surface area contributed by atoms with Crippen LogP contribution in [0.25, 0.3) is 0 Å². The maximum atomic E-state index is 9.90. The molecule has 0 aliphatic carbocycles. The van der Waals surface area contributed by atoms with Crippen molar-refractivity contribution in [1.82, 2.24) is 0 Å². The molecular weight excluding hydrogens is 204 g/mol. The summed E-state index contributed by atoms with van der Waals surface area (Å²) in [7, 11) is 1.64. The summed E-state index contributed by atoms with van der Waals surface area (Å²) >= 11 is 0. The van der Waals surface area contributed by atoms with E-state index in [1.807, 2.05) is 30.3 Å². The van der Waals surface area contributed by atoms with E-state index >= 15 is 0 Å².